The van der Waals surface area contributed by atoms with Crippen LogP contribution in [0.2, 0.25) is 5.02 Å². The van der Waals surface area contributed by atoms with Gasteiger partial charge in [0.15, 0.2) is 4.77 Å². The highest BCUT2D eigenvalue weighted by atomic mass is 35.5. The van der Waals surface area contributed by atoms with Gasteiger partial charge in [0, 0.05) is 0 Å². The molecule has 90 valence electrons. The number of aromatic nitrogens is 2. The summed E-state index contributed by atoms with van der Waals surface area (Å²) in [4.78, 5) is 3.03. The van der Waals surface area contributed by atoms with Crippen LogP contribution >= 0.6 is 23.8 Å². The van der Waals surface area contributed by atoms with Crippen LogP contribution < -0.4 is 0 Å². The number of nitrogens with one attached hydrogen (secondary N) is 1. The van der Waals surface area contributed by atoms with Gasteiger partial charge < -0.3 is 4.98 Å². The molecule has 0 bridgehead atoms. The second kappa shape index (κ2) is 4.23. The molecule has 2 nitrogen and oxygen atoms in total. The number of H-pyrrole nitrogens is 1. The van der Waals surface area contributed by atoms with Crippen LogP contribution in [0, 0.1) is 10.6 Å². The van der Waals surface area contributed by atoms with Gasteiger partial charge in [0.1, 0.15) is 11.5 Å². The van der Waals surface area contributed by atoms with E-state index in [4.69, 9.17) is 23.8 Å². The van der Waals surface area contributed by atoms with Crippen molar-refractivity contribution in [2.75, 3.05) is 0 Å². The lowest BCUT2D eigenvalue weighted by atomic mass is 10.2. The highest BCUT2D eigenvalue weighted by molar-refractivity contribution is 7.71. The van der Waals surface area contributed by atoms with Gasteiger partial charge in [-0.1, -0.05) is 29.8 Å². The fraction of sp³-hybridized carbons (Fsp3) is 0. The minimum Gasteiger partial charge on any atom is -0.330 e. The molecule has 0 atom stereocenters. The second-order valence-corrected chi connectivity index (χ2v) is 4.65. The Morgan fingerprint density at radius 2 is 1.89 bits per heavy atom. The molecule has 3 rings (SSSR count). The Hall–Kier alpha value is -1.65. The van der Waals surface area contributed by atoms with Crippen LogP contribution in [0.3, 0.4) is 0 Å². The molecule has 18 heavy (non-hydrogen) atoms. The van der Waals surface area contributed by atoms with E-state index in [-0.39, 0.29) is 5.69 Å². The van der Waals surface area contributed by atoms with Gasteiger partial charge in [0.2, 0.25) is 0 Å². The summed E-state index contributed by atoms with van der Waals surface area (Å²) in [6.45, 7) is 0. The Morgan fingerprint density at radius 3 is 2.67 bits per heavy atom. The van der Waals surface area contributed by atoms with Gasteiger partial charge in [-0.2, -0.15) is 0 Å². The Balaban J connectivity index is 2.46. The third kappa shape index (κ3) is 1.65. The van der Waals surface area contributed by atoms with Crippen molar-refractivity contribution in [2.45, 2.75) is 0 Å². The number of fused-ring (bicyclic) bond motifs is 1. The van der Waals surface area contributed by atoms with Gasteiger partial charge in [-0.05, 0) is 36.5 Å². The molecular weight excluding hydrogens is 271 g/mol. The molecule has 0 aliphatic heterocycles. The van der Waals surface area contributed by atoms with Crippen LogP contribution in [-0.4, -0.2) is 9.55 Å². The molecular formula is C13H8ClFN2S. The zero-order valence-electron chi connectivity index (χ0n) is 9.15. The number of halogens is 2. The van der Waals surface area contributed by atoms with Crippen molar-refractivity contribution < 1.29 is 4.39 Å². The monoisotopic (exact) mass is 278 g/mol. The Kier molecular flexibility index (Phi) is 2.69. The van der Waals surface area contributed by atoms with E-state index in [0.29, 0.717) is 9.79 Å². The molecule has 0 saturated heterocycles. The van der Waals surface area contributed by atoms with Crippen LogP contribution in [0.25, 0.3) is 16.7 Å². The van der Waals surface area contributed by atoms with Gasteiger partial charge >= 0.3 is 0 Å². The number of imidazole rings is 1. The molecule has 0 fully saturated rings. The largest absolute Gasteiger partial charge is 0.330 e. The first-order chi connectivity index (χ1) is 8.68. The highest BCUT2D eigenvalue weighted by Gasteiger charge is 2.13. The third-order valence-corrected chi connectivity index (χ3v) is 3.34. The second-order valence-electron chi connectivity index (χ2n) is 3.85. The molecule has 1 N–H and O–H groups in total. The van der Waals surface area contributed by atoms with Crippen molar-refractivity contribution >= 4 is 34.9 Å². The Morgan fingerprint density at radius 1 is 1.11 bits per heavy atom. The van der Waals surface area contributed by atoms with E-state index in [1.165, 1.54) is 6.07 Å². The zero-order chi connectivity index (χ0) is 12.7. The van der Waals surface area contributed by atoms with E-state index in [2.05, 4.69) is 4.98 Å². The summed E-state index contributed by atoms with van der Waals surface area (Å²) in [5, 5.41) is 0.329. The van der Waals surface area contributed by atoms with Crippen molar-refractivity contribution in [3.05, 3.63) is 58.1 Å². The summed E-state index contributed by atoms with van der Waals surface area (Å²) in [6, 6.07) is 12.1. The van der Waals surface area contributed by atoms with Crippen LogP contribution in [0.1, 0.15) is 0 Å². The van der Waals surface area contributed by atoms with Crippen LogP contribution in [0.5, 0.6) is 0 Å². The van der Waals surface area contributed by atoms with Gasteiger partial charge in [-0.25, -0.2) is 4.39 Å². The molecule has 0 spiro atoms. The number of aromatic amines is 1. The van der Waals surface area contributed by atoms with Crippen molar-refractivity contribution in [1.82, 2.24) is 9.55 Å². The summed E-state index contributed by atoms with van der Waals surface area (Å²) in [5.41, 5.74) is 1.93. The number of nitrogens with zero attached hydrogens (tertiary/aromatic N) is 1. The predicted octanol–water partition coefficient (Wildman–Crippen LogP) is 4.48. The van der Waals surface area contributed by atoms with Gasteiger partial charge in [-0.15, -0.1) is 0 Å². The van der Waals surface area contributed by atoms with Crippen LogP contribution in [0.15, 0.2) is 42.5 Å². The van der Waals surface area contributed by atoms with Crippen molar-refractivity contribution in [3.8, 4) is 5.69 Å². The summed E-state index contributed by atoms with van der Waals surface area (Å²) in [7, 11) is 0. The number of hydrogen-bond acceptors (Lipinski definition) is 1. The lowest BCUT2D eigenvalue weighted by Gasteiger charge is -2.07. The Bertz CT molecular complexity index is 771. The minimum atomic E-state index is -0.400. The fourth-order valence-corrected chi connectivity index (χ4v) is 2.53. The normalized spacial score (nSPS) is 11.0. The maximum Gasteiger partial charge on any atom is 0.182 e. The third-order valence-electron chi connectivity index (χ3n) is 2.75. The molecule has 5 heteroatoms. The average Bonchev–Trinajstić information content (AvgIpc) is 2.66. The summed E-state index contributed by atoms with van der Waals surface area (Å²) in [6.07, 6.45) is 0. The van der Waals surface area contributed by atoms with Gasteiger partial charge in [-0.3, -0.25) is 4.57 Å². The van der Waals surface area contributed by atoms with Crippen molar-refractivity contribution in [1.29, 1.82) is 0 Å². The number of hydrogen-bond donors (Lipinski definition) is 1. The fourth-order valence-electron chi connectivity index (χ4n) is 1.98. The molecule has 0 aliphatic rings. The molecule has 2 aromatic carbocycles. The topological polar surface area (TPSA) is 20.7 Å². The first-order valence-corrected chi connectivity index (χ1v) is 6.11. The van der Waals surface area contributed by atoms with E-state index >= 15 is 0 Å². The highest BCUT2D eigenvalue weighted by Crippen LogP contribution is 2.27. The maximum atomic E-state index is 14.0. The summed E-state index contributed by atoms with van der Waals surface area (Å²) < 4.78 is 16.0. The van der Waals surface area contributed by atoms with Crippen LogP contribution in [-0.2, 0) is 0 Å². The summed E-state index contributed by atoms with van der Waals surface area (Å²) in [5.74, 6) is -0.400. The Labute approximate surface area is 113 Å². The molecule has 0 radical (unpaired) electrons. The minimum absolute atomic E-state index is 0.279. The maximum absolute atomic E-state index is 14.0. The van der Waals surface area contributed by atoms with E-state index in [1.807, 2.05) is 24.3 Å². The number of para-hydroxylation sites is 3. The molecule has 0 unspecified atom stereocenters. The smallest absolute Gasteiger partial charge is 0.182 e. The lowest BCUT2D eigenvalue weighted by Crippen LogP contribution is -1.98. The van der Waals surface area contributed by atoms with E-state index in [9.17, 15) is 4.39 Å². The lowest BCUT2D eigenvalue weighted by molar-refractivity contribution is 0.619. The van der Waals surface area contributed by atoms with Crippen LogP contribution in [0.4, 0.5) is 4.39 Å². The van der Waals surface area contributed by atoms with Gasteiger partial charge in [0.25, 0.3) is 0 Å². The zero-order valence-corrected chi connectivity index (χ0v) is 10.7. The van der Waals surface area contributed by atoms with Crippen molar-refractivity contribution in [2.24, 2.45) is 0 Å². The molecule has 1 aromatic heterocycles. The van der Waals surface area contributed by atoms with E-state index in [1.54, 1.807) is 16.7 Å². The standard InChI is InChI=1S/C13H8ClFN2S/c14-8-4-3-5-9(15)12(8)17-11-7-2-1-6-10(11)16-13(17)18/h1-7H,(H,16,18). The first-order valence-electron chi connectivity index (χ1n) is 5.32. The molecule has 0 amide bonds. The average molecular weight is 279 g/mol. The van der Waals surface area contributed by atoms with Gasteiger partial charge in [0.05, 0.1) is 16.1 Å². The summed E-state index contributed by atoms with van der Waals surface area (Å²) >= 11 is 11.3. The quantitative estimate of drug-likeness (QED) is 0.651. The van der Waals surface area contributed by atoms with E-state index < -0.39 is 5.82 Å². The number of rotatable bonds is 1. The first kappa shape index (κ1) is 11.4. The molecule has 3 aromatic rings. The van der Waals surface area contributed by atoms with Crippen molar-refractivity contribution in [3.63, 3.8) is 0 Å². The number of benzene rings is 2. The SMILES string of the molecule is Fc1cccc(Cl)c1-n1c(=S)[nH]c2ccccc21. The van der Waals surface area contributed by atoms with E-state index in [0.717, 1.165) is 11.0 Å². The molecule has 0 aliphatic carbocycles. The molecule has 1 heterocycles. The molecule has 0 saturated carbocycles. The predicted molar refractivity (Wildman–Crippen MR) is 73.4 cm³/mol.